The van der Waals surface area contributed by atoms with Gasteiger partial charge in [0.1, 0.15) is 5.75 Å². The number of pyridine rings is 1. The fourth-order valence-corrected chi connectivity index (χ4v) is 3.28. The lowest BCUT2D eigenvalue weighted by molar-refractivity contribution is 0.593. The molecule has 0 aliphatic carbocycles. The van der Waals surface area contributed by atoms with Crippen molar-refractivity contribution in [2.45, 2.75) is 30.9 Å². The average Bonchev–Trinajstić information content (AvgIpc) is 2.41. The molecule has 1 atom stereocenters. The zero-order chi connectivity index (χ0) is 13.8. The molecule has 0 fully saturated rings. The van der Waals surface area contributed by atoms with E-state index in [1.165, 1.54) is 5.56 Å². The number of hydrogen-bond acceptors (Lipinski definition) is 3. The molecular weight excluding hydrogens is 256 g/mol. The third-order valence-corrected chi connectivity index (χ3v) is 4.52. The number of hydrogen-bond donors (Lipinski definition) is 1. The average molecular weight is 274 g/mol. The predicted octanol–water partition coefficient (Wildman–Crippen LogP) is 2.84. The predicted molar refractivity (Wildman–Crippen MR) is 79.3 cm³/mol. The Balaban J connectivity index is 2.23. The number of aryl methyl sites for hydroxylation is 2. The maximum Gasteiger partial charge on any atom is 0.153 e. The van der Waals surface area contributed by atoms with E-state index >= 15 is 0 Å². The minimum atomic E-state index is -1.06. The molecule has 100 valence electrons. The van der Waals surface area contributed by atoms with Gasteiger partial charge in [-0.2, -0.15) is 0 Å². The second kappa shape index (κ2) is 6.08. The van der Waals surface area contributed by atoms with Gasteiger partial charge in [-0.15, -0.1) is 0 Å². The zero-order valence-electron chi connectivity index (χ0n) is 11.2. The Kier molecular flexibility index (Phi) is 4.45. The van der Waals surface area contributed by atoms with Crippen LogP contribution in [0.3, 0.4) is 0 Å². The van der Waals surface area contributed by atoms with Crippen LogP contribution in [0.2, 0.25) is 0 Å². The highest BCUT2D eigenvalue weighted by Crippen LogP contribution is 2.21. The minimum Gasteiger partial charge on any atom is -0.611 e. The Labute approximate surface area is 117 Å². The van der Waals surface area contributed by atoms with E-state index in [0.29, 0.717) is 11.4 Å². The van der Waals surface area contributed by atoms with Crippen LogP contribution in [-0.4, -0.2) is 9.54 Å². The van der Waals surface area contributed by atoms with Crippen LogP contribution >= 0.6 is 0 Å². The first-order valence-electron chi connectivity index (χ1n) is 6.29. The summed E-state index contributed by atoms with van der Waals surface area (Å²) in [5, 5.41) is 0. The molecule has 0 aliphatic heterocycles. The molecule has 1 unspecified atom stereocenters. The number of benzene rings is 1. The van der Waals surface area contributed by atoms with Crippen LogP contribution in [0.4, 0.5) is 5.69 Å². The first kappa shape index (κ1) is 13.9. The minimum absolute atomic E-state index is 0.507. The van der Waals surface area contributed by atoms with Crippen LogP contribution in [0.15, 0.2) is 41.4 Å². The monoisotopic (exact) mass is 274 g/mol. The van der Waals surface area contributed by atoms with E-state index in [0.717, 1.165) is 22.6 Å². The Morgan fingerprint density at radius 1 is 1.21 bits per heavy atom. The maximum absolute atomic E-state index is 12.4. The third-order valence-electron chi connectivity index (χ3n) is 3.17. The molecule has 2 aromatic rings. The van der Waals surface area contributed by atoms with Crippen LogP contribution in [0.1, 0.15) is 23.7 Å². The van der Waals surface area contributed by atoms with Gasteiger partial charge in [0.15, 0.2) is 4.90 Å². The lowest BCUT2D eigenvalue weighted by Gasteiger charge is -2.14. The zero-order valence-corrected chi connectivity index (χ0v) is 12.0. The maximum atomic E-state index is 12.4. The van der Waals surface area contributed by atoms with Crippen molar-refractivity contribution in [1.82, 2.24) is 4.98 Å². The van der Waals surface area contributed by atoms with Gasteiger partial charge in [-0.3, -0.25) is 4.98 Å². The molecule has 0 radical (unpaired) electrons. The smallest absolute Gasteiger partial charge is 0.153 e. The van der Waals surface area contributed by atoms with Crippen molar-refractivity contribution in [3.8, 4) is 0 Å². The van der Waals surface area contributed by atoms with Gasteiger partial charge in [0, 0.05) is 23.1 Å². The summed E-state index contributed by atoms with van der Waals surface area (Å²) in [6.45, 7) is 4.07. The van der Waals surface area contributed by atoms with Crippen molar-refractivity contribution in [3.05, 3.63) is 53.3 Å². The van der Waals surface area contributed by atoms with Crippen molar-refractivity contribution in [3.63, 3.8) is 0 Å². The largest absolute Gasteiger partial charge is 0.611 e. The highest BCUT2D eigenvalue weighted by atomic mass is 32.2. The summed E-state index contributed by atoms with van der Waals surface area (Å²) >= 11 is -1.06. The quantitative estimate of drug-likeness (QED) is 0.689. The second-order valence-corrected chi connectivity index (χ2v) is 5.90. The van der Waals surface area contributed by atoms with Gasteiger partial charge < -0.3 is 10.3 Å². The van der Waals surface area contributed by atoms with Gasteiger partial charge in [0.25, 0.3) is 0 Å². The van der Waals surface area contributed by atoms with Gasteiger partial charge >= 0.3 is 0 Å². The fourth-order valence-electron chi connectivity index (χ4n) is 2.01. The molecule has 0 saturated carbocycles. The van der Waals surface area contributed by atoms with Gasteiger partial charge in [-0.1, -0.05) is 6.92 Å². The van der Waals surface area contributed by atoms with Gasteiger partial charge in [-0.05, 0) is 60.4 Å². The lowest BCUT2D eigenvalue weighted by atomic mass is 10.1. The standard InChI is InChI=1S/C15H18N2OS/c1-3-12-8-9-17-11(2)15(12)10-19(18)14-6-4-13(16)5-7-14/h4-9H,3,10,16H2,1-2H3. The van der Waals surface area contributed by atoms with Crippen LogP contribution in [-0.2, 0) is 23.3 Å². The number of anilines is 1. The Morgan fingerprint density at radius 3 is 2.53 bits per heavy atom. The topological polar surface area (TPSA) is 62.0 Å². The molecule has 4 heteroatoms. The van der Waals surface area contributed by atoms with E-state index in [1.54, 1.807) is 12.1 Å². The van der Waals surface area contributed by atoms with E-state index in [1.807, 2.05) is 31.3 Å². The summed E-state index contributed by atoms with van der Waals surface area (Å²) < 4.78 is 12.4. The summed E-state index contributed by atoms with van der Waals surface area (Å²) in [7, 11) is 0. The molecule has 0 spiro atoms. The molecule has 1 aromatic carbocycles. The number of rotatable bonds is 4. The molecule has 0 amide bonds. The van der Waals surface area contributed by atoms with Gasteiger partial charge in [-0.25, -0.2) is 0 Å². The summed E-state index contributed by atoms with van der Waals surface area (Å²) in [6.07, 6.45) is 2.74. The van der Waals surface area contributed by atoms with E-state index in [-0.39, 0.29) is 0 Å². The van der Waals surface area contributed by atoms with Crippen LogP contribution in [0.5, 0.6) is 0 Å². The first-order chi connectivity index (χ1) is 9.11. The van der Waals surface area contributed by atoms with Crippen LogP contribution < -0.4 is 5.73 Å². The second-order valence-electron chi connectivity index (χ2n) is 4.45. The van der Waals surface area contributed by atoms with E-state index < -0.39 is 11.2 Å². The SMILES string of the molecule is CCc1ccnc(C)c1C[S+]([O-])c1ccc(N)cc1. The van der Waals surface area contributed by atoms with Gasteiger partial charge in [0.05, 0.1) is 0 Å². The first-order valence-corrected chi connectivity index (χ1v) is 7.61. The molecule has 1 aromatic heterocycles. The highest BCUT2D eigenvalue weighted by molar-refractivity contribution is 7.90. The van der Waals surface area contributed by atoms with Crippen LogP contribution in [0.25, 0.3) is 0 Å². The Hall–Kier alpha value is -1.52. The van der Waals surface area contributed by atoms with Crippen LogP contribution in [0, 0.1) is 6.92 Å². The van der Waals surface area contributed by atoms with Crippen molar-refractivity contribution < 1.29 is 4.55 Å². The number of nitrogens with zero attached hydrogens (tertiary/aromatic N) is 1. The molecule has 19 heavy (non-hydrogen) atoms. The Bertz CT molecular complexity index is 555. The van der Waals surface area contributed by atoms with E-state index in [9.17, 15) is 4.55 Å². The fraction of sp³-hybridized carbons (Fsp3) is 0.267. The molecule has 0 bridgehead atoms. The molecule has 2 N–H and O–H groups in total. The molecular formula is C15H18N2OS. The lowest BCUT2D eigenvalue weighted by Crippen LogP contribution is -2.09. The number of aromatic nitrogens is 1. The number of nitrogen functional groups attached to an aromatic ring is 1. The number of nitrogens with two attached hydrogens (primary N) is 1. The normalized spacial score (nSPS) is 12.4. The van der Waals surface area contributed by atoms with E-state index in [2.05, 4.69) is 11.9 Å². The summed E-state index contributed by atoms with van der Waals surface area (Å²) in [4.78, 5) is 5.10. The summed E-state index contributed by atoms with van der Waals surface area (Å²) in [5.41, 5.74) is 9.61. The third kappa shape index (κ3) is 3.28. The highest BCUT2D eigenvalue weighted by Gasteiger charge is 2.16. The molecule has 0 saturated heterocycles. The van der Waals surface area contributed by atoms with Gasteiger partial charge in [0.2, 0.25) is 0 Å². The molecule has 1 heterocycles. The molecule has 2 rings (SSSR count). The van der Waals surface area contributed by atoms with Crippen molar-refractivity contribution >= 4 is 16.9 Å². The van der Waals surface area contributed by atoms with Crippen molar-refractivity contribution in [1.29, 1.82) is 0 Å². The summed E-state index contributed by atoms with van der Waals surface area (Å²) in [5.74, 6) is 0.507. The summed E-state index contributed by atoms with van der Waals surface area (Å²) in [6, 6.07) is 9.21. The molecule has 0 aliphatic rings. The van der Waals surface area contributed by atoms with E-state index in [4.69, 9.17) is 5.73 Å². The van der Waals surface area contributed by atoms with Crippen molar-refractivity contribution in [2.24, 2.45) is 0 Å². The Morgan fingerprint density at radius 2 is 1.89 bits per heavy atom. The van der Waals surface area contributed by atoms with Crippen molar-refractivity contribution in [2.75, 3.05) is 5.73 Å². The molecule has 3 nitrogen and oxygen atoms in total.